The summed E-state index contributed by atoms with van der Waals surface area (Å²) >= 11 is 0. The van der Waals surface area contributed by atoms with Crippen LogP contribution < -0.4 is 10.2 Å². The molecule has 0 aliphatic carbocycles. The Morgan fingerprint density at radius 1 is 0.857 bits per heavy atom. The minimum absolute atomic E-state index is 0.168. The molecule has 2 aliphatic rings. The molecule has 1 saturated heterocycles. The van der Waals surface area contributed by atoms with Crippen LogP contribution in [0.1, 0.15) is 42.2 Å². The molecule has 3 aromatic carbocycles. The van der Waals surface area contributed by atoms with E-state index in [0.717, 1.165) is 43.0 Å². The fourth-order valence-corrected chi connectivity index (χ4v) is 4.57. The molecule has 3 amide bonds. The number of rotatable bonds is 5. The maximum atomic E-state index is 12.9. The fraction of sp³-hybridized carbons (Fsp3) is 0.250. The number of anilines is 2. The molecule has 0 radical (unpaired) electrons. The molecule has 0 atom stereocenters. The van der Waals surface area contributed by atoms with Crippen LogP contribution in [0.2, 0.25) is 0 Å². The number of amides is 3. The van der Waals surface area contributed by atoms with Crippen LogP contribution in [-0.2, 0) is 6.54 Å². The van der Waals surface area contributed by atoms with Gasteiger partial charge in [0.25, 0.3) is 17.7 Å². The first-order valence-electron chi connectivity index (χ1n) is 11.8. The molecule has 35 heavy (non-hydrogen) atoms. The number of benzene rings is 3. The zero-order valence-electron chi connectivity index (χ0n) is 20.0. The number of carbonyl (C=O) groups is 3. The van der Waals surface area contributed by atoms with Gasteiger partial charge in [0.1, 0.15) is 0 Å². The van der Waals surface area contributed by atoms with E-state index < -0.39 is 0 Å². The molecule has 178 valence electrons. The molecule has 0 bridgehead atoms. The van der Waals surface area contributed by atoms with E-state index in [2.05, 4.69) is 34.3 Å². The summed E-state index contributed by atoms with van der Waals surface area (Å²) in [5.74, 6) is -0.779. The molecule has 5 rings (SSSR count). The van der Waals surface area contributed by atoms with Crippen LogP contribution in [0.4, 0.5) is 11.4 Å². The van der Waals surface area contributed by atoms with Gasteiger partial charge in [-0.05, 0) is 67.6 Å². The van der Waals surface area contributed by atoms with Gasteiger partial charge in [-0.15, -0.1) is 0 Å². The lowest BCUT2D eigenvalue weighted by Gasteiger charge is -2.34. The van der Waals surface area contributed by atoms with Crippen LogP contribution >= 0.6 is 0 Å². The number of nitrogens with zero attached hydrogens (tertiary/aromatic N) is 3. The summed E-state index contributed by atoms with van der Waals surface area (Å²) < 4.78 is 0. The van der Waals surface area contributed by atoms with Gasteiger partial charge in [-0.3, -0.25) is 19.3 Å². The van der Waals surface area contributed by atoms with E-state index in [0.29, 0.717) is 16.7 Å². The van der Waals surface area contributed by atoms with Crippen LogP contribution in [-0.4, -0.2) is 60.7 Å². The highest BCUT2D eigenvalue weighted by molar-refractivity contribution is 6.21. The Morgan fingerprint density at radius 2 is 1.49 bits per heavy atom. The molecule has 1 fully saturated rings. The number of carbonyl (C=O) groups excluding carboxylic acids is 3. The number of imide groups is 1. The molecule has 3 aromatic rings. The van der Waals surface area contributed by atoms with Crippen molar-refractivity contribution in [3.05, 3.63) is 94.5 Å². The average Bonchev–Trinajstić information content (AvgIpc) is 3.11. The Bertz CT molecular complexity index is 1260. The standard InChI is InChI=1S/C28H28N4O3/c1-19-17-22(31-15-13-30(2)14-16-31)11-12-25(19)29-26(33)21-9-7-20(8-10-21)18-32-27(34)23-5-3-4-6-24(23)28(32)35/h3-12,17H,13-16,18H2,1-2H3,(H,29,33). The van der Waals surface area contributed by atoms with Crippen molar-refractivity contribution in [1.82, 2.24) is 9.80 Å². The van der Waals surface area contributed by atoms with E-state index in [1.165, 1.54) is 10.6 Å². The Balaban J connectivity index is 1.23. The Labute approximate surface area is 204 Å². The summed E-state index contributed by atoms with van der Waals surface area (Å²) in [6, 6.07) is 20.0. The second-order valence-corrected chi connectivity index (χ2v) is 9.18. The van der Waals surface area contributed by atoms with Crippen molar-refractivity contribution >= 4 is 29.1 Å². The number of fused-ring (bicyclic) bond motifs is 1. The third-order valence-electron chi connectivity index (χ3n) is 6.76. The molecule has 0 spiro atoms. The van der Waals surface area contributed by atoms with Gasteiger partial charge in [-0.2, -0.15) is 0 Å². The summed E-state index contributed by atoms with van der Waals surface area (Å²) in [6.07, 6.45) is 0. The summed E-state index contributed by atoms with van der Waals surface area (Å²) in [7, 11) is 2.14. The molecular weight excluding hydrogens is 440 g/mol. The van der Waals surface area contributed by atoms with Gasteiger partial charge in [0, 0.05) is 43.1 Å². The van der Waals surface area contributed by atoms with Gasteiger partial charge in [0.05, 0.1) is 17.7 Å². The highest BCUT2D eigenvalue weighted by atomic mass is 16.2. The fourth-order valence-electron chi connectivity index (χ4n) is 4.57. The van der Waals surface area contributed by atoms with Crippen LogP contribution in [0.3, 0.4) is 0 Å². The maximum Gasteiger partial charge on any atom is 0.261 e. The molecule has 0 saturated carbocycles. The first-order valence-corrected chi connectivity index (χ1v) is 11.8. The first-order chi connectivity index (χ1) is 16.9. The molecule has 7 nitrogen and oxygen atoms in total. The summed E-state index contributed by atoms with van der Waals surface area (Å²) in [6.45, 7) is 6.24. The zero-order chi connectivity index (χ0) is 24.5. The van der Waals surface area contributed by atoms with E-state index in [-0.39, 0.29) is 24.3 Å². The third kappa shape index (κ3) is 4.55. The lowest BCUT2D eigenvalue weighted by atomic mass is 10.1. The molecule has 1 N–H and O–H groups in total. The number of nitrogens with one attached hydrogen (secondary N) is 1. The number of aryl methyl sites for hydroxylation is 1. The van der Waals surface area contributed by atoms with Gasteiger partial charge in [0.2, 0.25) is 0 Å². The van der Waals surface area contributed by atoms with Crippen molar-refractivity contribution in [2.75, 3.05) is 43.4 Å². The van der Waals surface area contributed by atoms with Gasteiger partial charge < -0.3 is 15.1 Å². The minimum Gasteiger partial charge on any atom is -0.369 e. The van der Waals surface area contributed by atoms with E-state index >= 15 is 0 Å². The predicted octanol–water partition coefficient (Wildman–Crippen LogP) is 3.80. The van der Waals surface area contributed by atoms with Crippen molar-refractivity contribution < 1.29 is 14.4 Å². The number of hydrogen-bond donors (Lipinski definition) is 1. The molecule has 2 aliphatic heterocycles. The third-order valence-corrected chi connectivity index (χ3v) is 6.76. The van der Waals surface area contributed by atoms with Crippen molar-refractivity contribution in [2.24, 2.45) is 0 Å². The number of hydrogen-bond acceptors (Lipinski definition) is 5. The topological polar surface area (TPSA) is 73.0 Å². The van der Waals surface area contributed by atoms with E-state index in [4.69, 9.17) is 0 Å². The number of piperazine rings is 1. The summed E-state index contributed by atoms with van der Waals surface area (Å²) in [5.41, 5.74) is 5.12. The summed E-state index contributed by atoms with van der Waals surface area (Å²) in [5, 5.41) is 3.00. The van der Waals surface area contributed by atoms with Gasteiger partial charge >= 0.3 is 0 Å². The van der Waals surface area contributed by atoms with Crippen LogP contribution in [0.5, 0.6) is 0 Å². The van der Waals surface area contributed by atoms with Gasteiger partial charge in [-0.1, -0.05) is 24.3 Å². The Kier molecular flexibility index (Phi) is 6.09. The summed E-state index contributed by atoms with van der Waals surface area (Å²) in [4.78, 5) is 44.0. The Hall–Kier alpha value is -3.97. The molecule has 0 unspecified atom stereocenters. The minimum atomic E-state index is -0.289. The SMILES string of the molecule is Cc1cc(N2CCN(C)CC2)ccc1NC(=O)c1ccc(CN2C(=O)c3ccccc3C2=O)cc1. The molecule has 2 heterocycles. The second kappa shape index (κ2) is 9.35. The molecular formula is C28H28N4O3. The van der Waals surface area contributed by atoms with Crippen molar-refractivity contribution in [2.45, 2.75) is 13.5 Å². The Morgan fingerprint density at radius 3 is 2.09 bits per heavy atom. The van der Waals surface area contributed by atoms with Crippen LogP contribution in [0, 0.1) is 6.92 Å². The molecule has 0 aromatic heterocycles. The average molecular weight is 469 g/mol. The van der Waals surface area contributed by atoms with Crippen molar-refractivity contribution in [3.63, 3.8) is 0 Å². The van der Waals surface area contributed by atoms with Crippen LogP contribution in [0.25, 0.3) is 0 Å². The van der Waals surface area contributed by atoms with Gasteiger partial charge in [0.15, 0.2) is 0 Å². The largest absolute Gasteiger partial charge is 0.369 e. The second-order valence-electron chi connectivity index (χ2n) is 9.18. The van der Waals surface area contributed by atoms with E-state index in [9.17, 15) is 14.4 Å². The van der Waals surface area contributed by atoms with Gasteiger partial charge in [-0.25, -0.2) is 0 Å². The first kappa shape index (κ1) is 22.8. The smallest absolute Gasteiger partial charge is 0.261 e. The van der Waals surface area contributed by atoms with E-state index in [1.807, 2.05) is 13.0 Å². The maximum absolute atomic E-state index is 12.9. The monoisotopic (exact) mass is 468 g/mol. The lowest BCUT2D eigenvalue weighted by molar-refractivity contribution is 0.0642. The van der Waals surface area contributed by atoms with E-state index in [1.54, 1.807) is 48.5 Å². The highest BCUT2D eigenvalue weighted by Crippen LogP contribution is 2.26. The lowest BCUT2D eigenvalue weighted by Crippen LogP contribution is -2.44. The quantitative estimate of drug-likeness (QED) is 0.577. The van der Waals surface area contributed by atoms with Crippen LogP contribution in [0.15, 0.2) is 66.7 Å². The molecule has 7 heteroatoms. The number of likely N-dealkylation sites (N-methyl/N-ethyl adjacent to an activating group) is 1. The van der Waals surface area contributed by atoms with Crippen molar-refractivity contribution in [3.8, 4) is 0 Å². The zero-order valence-corrected chi connectivity index (χ0v) is 20.0. The highest BCUT2D eigenvalue weighted by Gasteiger charge is 2.34. The normalized spacial score (nSPS) is 15.9. The predicted molar refractivity (Wildman–Crippen MR) is 136 cm³/mol. The van der Waals surface area contributed by atoms with Crippen molar-refractivity contribution in [1.29, 1.82) is 0 Å².